The first-order valence-corrected chi connectivity index (χ1v) is 8.10. The average molecular weight is 380 g/mol. The molecule has 0 aliphatic carbocycles. The summed E-state index contributed by atoms with van der Waals surface area (Å²) >= 11 is 12.2. The van der Waals surface area contributed by atoms with E-state index in [1.165, 1.54) is 0 Å². The maximum atomic E-state index is 12.5. The fourth-order valence-electron chi connectivity index (χ4n) is 2.42. The molecule has 0 unspecified atom stereocenters. The third kappa shape index (κ3) is 4.13. The SMILES string of the molecule is CCCCOc1c(CCN)n(C)c(=O)c2cc(Cl)c(Cl)cc12.Cl. The van der Waals surface area contributed by atoms with E-state index in [9.17, 15) is 4.79 Å². The molecule has 0 saturated heterocycles. The second-order valence-electron chi connectivity index (χ2n) is 5.19. The molecule has 23 heavy (non-hydrogen) atoms. The smallest absolute Gasteiger partial charge is 0.258 e. The fraction of sp³-hybridized carbons (Fsp3) is 0.438. The van der Waals surface area contributed by atoms with Gasteiger partial charge in [-0.1, -0.05) is 36.5 Å². The number of hydrogen-bond donors (Lipinski definition) is 1. The van der Waals surface area contributed by atoms with Crippen LogP contribution in [0.1, 0.15) is 25.5 Å². The van der Waals surface area contributed by atoms with E-state index >= 15 is 0 Å². The van der Waals surface area contributed by atoms with Crippen molar-refractivity contribution in [3.8, 4) is 5.75 Å². The molecule has 0 aliphatic rings. The Kier molecular flexibility index (Phi) is 7.68. The largest absolute Gasteiger partial charge is 0.491 e. The number of aromatic nitrogens is 1. The van der Waals surface area contributed by atoms with Gasteiger partial charge in [0.2, 0.25) is 0 Å². The molecule has 0 fully saturated rings. The first-order chi connectivity index (χ1) is 10.5. The number of rotatable bonds is 6. The van der Waals surface area contributed by atoms with Gasteiger partial charge >= 0.3 is 0 Å². The molecule has 128 valence electrons. The molecule has 0 radical (unpaired) electrons. The topological polar surface area (TPSA) is 57.2 Å². The number of unbranched alkanes of at least 4 members (excludes halogenated alkanes) is 1. The Labute approximate surface area is 151 Å². The number of nitrogens with two attached hydrogens (primary N) is 1. The highest BCUT2D eigenvalue weighted by Gasteiger charge is 2.17. The summed E-state index contributed by atoms with van der Waals surface area (Å²) in [6, 6.07) is 3.29. The maximum Gasteiger partial charge on any atom is 0.258 e. The van der Waals surface area contributed by atoms with Crippen molar-refractivity contribution >= 4 is 46.4 Å². The Bertz CT molecular complexity index is 744. The maximum absolute atomic E-state index is 12.5. The van der Waals surface area contributed by atoms with Crippen molar-refractivity contribution in [1.29, 1.82) is 0 Å². The predicted molar refractivity (Wildman–Crippen MR) is 99.6 cm³/mol. The van der Waals surface area contributed by atoms with Gasteiger partial charge in [0.05, 0.1) is 27.7 Å². The number of halogens is 3. The van der Waals surface area contributed by atoms with Crippen molar-refractivity contribution in [2.24, 2.45) is 12.8 Å². The van der Waals surface area contributed by atoms with Gasteiger partial charge in [0.25, 0.3) is 5.56 Å². The Morgan fingerprint density at radius 1 is 1.22 bits per heavy atom. The van der Waals surface area contributed by atoms with E-state index in [1.54, 1.807) is 23.7 Å². The van der Waals surface area contributed by atoms with Crippen LogP contribution < -0.4 is 16.0 Å². The number of fused-ring (bicyclic) bond motifs is 1. The minimum atomic E-state index is -0.125. The van der Waals surface area contributed by atoms with E-state index in [4.69, 9.17) is 33.7 Å². The lowest BCUT2D eigenvalue weighted by atomic mass is 10.1. The fourth-order valence-corrected chi connectivity index (χ4v) is 2.75. The first kappa shape index (κ1) is 20.1. The Morgan fingerprint density at radius 2 is 1.83 bits per heavy atom. The van der Waals surface area contributed by atoms with Crippen molar-refractivity contribution in [2.75, 3.05) is 13.2 Å². The summed E-state index contributed by atoms with van der Waals surface area (Å²) in [6.45, 7) is 3.12. The van der Waals surface area contributed by atoms with Gasteiger partial charge in [-0.3, -0.25) is 4.79 Å². The number of nitrogens with zero attached hydrogens (tertiary/aromatic N) is 1. The number of hydrogen-bond acceptors (Lipinski definition) is 3. The molecule has 2 rings (SSSR count). The molecule has 2 N–H and O–H groups in total. The first-order valence-electron chi connectivity index (χ1n) is 7.34. The molecule has 1 aromatic carbocycles. The van der Waals surface area contributed by atoms with Crippen molar-refractivity contribution in [3.05, 3.63) is 38.2 Å². The van der Waals surface area contributed by atoms with E-state index < -0.39 is 0 Å². The van der Waals surface area contributed by atoms with E-state index in [0.717, 1.165) is 18.5 Å². The lowest BCUT2D eigenvalue weighted by Gasteiger charge is -2.18. The molecule has 0 amide bonds. The minimum absolute atomic E-state index is 0. The van der Waals surface area contributed by atoms with Crippen molar-refractivity contribution in [2.45, 2.75) is 26.2 Å². The monoisotopic (exact) mass is 378 g/mol. The molecule has 7 heteroatoms. The van der Waals surface area contributed by atoms with Gasteiger partial charge < -0.3 is 15.0 Å². The van der Waals surface area contributed by atoms with Crippen LogP contribution >= 0.6 is 35.6 Å². The molecular formula is C16H21Cl3N2O2. The lowest BCUT2D eigenvalue weighted by Crippen LogP contribution is -2.24. The van der Waals surface area contributed by atoms with Crippen LogP contribution in [0, 0.1) is 0 Å². The quantitative estimate of drug-likeness (QED) is 0.773. The van der Waals surface area contributed by atoms with E-state index in [1.807, 2.05) is 0 Å². The molecule has 1 aromatic heterocycles. The van der Waals surface area contributed by atoms with Crippen LogP contribution in [0.2, 0.25) is 10.0 Å². The predicted octanol–water partition coefficient (Wildman–Crippen LogP) is 3.95. The summed E-state index contributed by atoms with van der Waals surface area (Å²) < 4.78 is 7.54. The van der Waals surface area contributed by atoms with Gasteiger partial charge in [-0.05, 0) is 25.1 Å². The molecule has 0 aliphatic heterocycles. The lowest BCUT2D eigenvalue weighted by molar-refractivity contribution is 0.306. The zero-order valence-electron chi connectivity index (χ0n) is 13.2. The van der Waals surface area contributed by atoms with Gasteiger partial charge in [-0.15, -0.1) is 12.4 Å². The molecule has 0 spiro atoms. The van der Waals surface area contributed by atoms with Crippen molar-refractivity contribution in [3.63, 3.8) is 0 Å². The summed E-state index contributed by atoms with van der Waals surface area (Å²) in [5, 5.41) is 1.96. The molecular weight excluding hydrogens is 359 g/mol. The molecule has 0 bridgehead atoms. The number of benzene rings is 1. The summed E-state index contributed by atoms with van der Waals surface area (Å²) in [5.74, 6) is 0.676. The van der Waals surface area contributed by atoms with Crippen molar-refractivity contribution in [1.82, 2.24) is 4.57 Å². The average Bonchev–Trinajstić information content (AvgIpc) is 2.50. The molecule has 2 aromatic rings. The Morgan fingerprint density at radius 3 is 2.39 bits per heavy atom. The second kappa shape index (κ2) is 8.78. The van der Waals surface area contributed by atoms with Crippen LogP contribution in [0.4, 0.5) is 0 Å². The number of pyridine rings is 1. The third-order valence-corrected chi connectivity index (χ3v) is 4.35. The standard InChI is InChI=1S/C16H20Cl2N2O2.ClH/c1-3-4-7-22-15-10-8-12(17)13(18)9-11(10)16(21)20(2)14(15)5-6-19;/h8-9H,3-7,19H2,1-2H3;1H. The van der Waals surface area contributed by atoms with Crippen molar-refractivity contribution < 1.29 is 4.74 Å². The van der Waals surface area contributed by atoms with Crippen LogP contribution in [0.5, 0.6) is 5.75 Å². The highest BCUT2D eigenvalue weighted by molar-refractivity contribution is 6.42. The third-order valence-electron chi connectivity index (χ3n) is 3.63. The van der Waals surface area contributed by atoms with Crippen LogP contribution in [0.3, 0.4) is 0 Å². The van der Waals surface area contributed by atoms with Gasteiger partial charge in [0.1, 0.15) is 5.75 Å². The summed E-state index contributed by atoms with van der Waals surface area (Å²) in [4.78, 5) is 12.5. The van der Waals surface area contributed by atoms with Crippen LogP contribution in [-0.4, -0.2) is 17.7 Å². The Balaban J connectivity index is 0.00000264. The molecule has 4 nitrogen and oxygen atoms in total. The second-order valence-corrected chi connectivity index (χ2v) is 6.01. The van der Waals surface area contributed by atoms with E-state index in [2.05, 4.69) is 6.92 Å². The molecule has 0 atom stereocenters. The van der Waals surface area contributed by atoms with Crippen LogP contribution in [0.25, 0.3) is 10.8 Å². The summed E-state index contributed by atoms with van der Waals surface area (Å²) in [5.41, 5.74) is 6.34. The Hall–Kier alpha value is -0.940. The van der Waals surface area contributed by atoms with E-state index in [-0.39, 0.29) is 18.0 Å². The summed E-state index contributed by atoms with van der Waals surface area (Å²) in [7, 11) is 1.72. The van der Waals surface area contributed by atoms with Gasteiger partial charge in [-0.25, -0.2) is 0 Å². The van der Waals surface area contributed by atoms with Gasteiger partial charge in [-0.2, -0.15) is 0 Å². The highest BCUT2D eigenvalue weighted by atomic mass is 35.5. The molecule has 1 heterocycles. The van der Waals surface area contributed by atoms with Crippen LogP contribution in [-0.2, 0) is 13.5 Å². The summed E-state index contributed by atoms with van der Waals surface area (Å²) in [6.07, 6.45) is 2.53. The van der Waals surface area contributed by atoms with Crippen LogP contribution in [0.15, 0.2) is 16.9 Å². The zero-order chi connectivity index (χ0) is 16.3. The number of ether oxygens (including phenoxy) is 1. The highest BCUT2D eigenvalue weighted by Crippen LogP contribution is 2.34. The van der Waals surface area contributed by atoms with E-state index in [0.29, 0.717) is 46.1 Å². The normalized spacial score (nSPS) is 10.7. The zero-order valence-corrected chi connectivity index (χ0v) is 15.5. The molecule has 0 saturated carbocycles. The minimum Gasteiger partial charge on any atom is -0.491 e. The van der Waals surface area contributed by atoms with Gasteiger partial charge in [0.15, 0.2) is 0 Å². The van der Waals surface area contributed by atoms with Gasteiger partial charge in [0, 0.05) is 18.9 Å².